The first-order chi connectivity index (χ1) is 10.6. The molecule has 0 aliphatic carbocycles. The molecular formula is C17H25NO4. The third kappa shape index (κ3) is 4.37. The highest BCUT2D eigenvalue weighted by atomic mass is 16.5. The summed E-state index contributed by atoms with van der Waals surface area (Å²) in [5.41, 5.74) is 0.491. The summed E-state index contributed by atoms with van der Waals surface area (Å²) in [6, 6.07) is 5.30. The Morgan fingerprint density at radius 2 is 2.23 bits per heavy atom. The second-order valence-corrected chi connectivity index (χ2v) is 5.65. The van der Waals surface area contributed by atoms with E-state index in [1.54, 1.807) is 32.4 Å². The van der Waals surface area contributed by atoms with Crippen LogP contribution < -0.4 is 14.8 Å². The van der Waals surface area contributed by atoms with Crippen LogP contribution in [0.5, 0.6) is 11.5 Å². The molecule has 1 fully saturated rings. The highest BCUT2D eigenvalue weighted by Crippen LogP contribution is 2.24. The highest BCUT2D eigenvalue weighted by Gasteiger charge is 2.19. The Morgan fingerprint density at radius 3 is 2.86 bits per heavy atom. The summed E-state index contributed by atoms with van der Waals surface area (Å²) in [6.45, 7) is 2.88. The molecule has 1 heterocycles. The van der Waals surface area contributed by atoms with Gasteiger partial charge in [0.05, 0.1) is 25.9 Å². The zero-order valence-corrected chi connectivity index (χ0v) is 13.6. The van der Waals surface area contributed by atoms with Crippen molar-refractivity contribution in [1.82, 2.24) is 5.32 Å². The molecule has 5 nitrogen and oxygen atoms in total. The van der Waals surface area contributed by atoms with Crippen molar-refractivity contribution in [3.8, 4) is 11.5 Å². The van der Waals surface area contributed by atoms with E-state index in [9.17, 15) is 4.79 Å². The molecule has 1 aliphatic rings. The van der Waals surface area contributed by atoms with Crippen LogP contribution in [0.2, 0.25) is 0 Å². The molecule has 2 rings (SSSR count). The lowest BCUT2D eigenvalue weighted by Crippen LogP contribution is -2.33. The van der Waals surface area contributed by atoms with E-state index in [1.807, 2.05) is 6.92 Å². The highest BCUT2D eigenvalue weighted by molar-refractivity contribution is 5.97. The molecule has 0 radical (unpaired) electrons. The average Bonchev–Trinajstić information content (AvgIpc) is 3.05. The van der Waals surface area contributed by atoms with Crippen LogP contribution in [0.1, 0.15) is 43.0 Å². The van der Waals surface area contributed by atoms with Gasteiger partial charge in [-0.3, -0.25) is 4.79 Å². The number of methoxy groups -OCH3 is 2. The average molecular weight is 307 g/mol. The first-order valence-electron chi connectivity index (χ1n) is 7.78. The zero-order chi connectivity index (χ0) is 15.9. The van der Waals surface area contributed by atoms with Gasteiger partial charge >= 0.3 is 0 Å². The maximum atomic E-state index is 12.4. The Morgan fingerprint density at radius 1 is 1.41 bits per heavy atom. The van der Waals surface area contributed by atoms with E-state index in [-0.39, 0.29) is 11.9 Å². The fourth-order valence-corrected chi connectivity index (χ4v) is 2.67. The van der Waals surface area contributed by atoms with E-state index in [0.717, 1.165) is 32.3 Å². The van der Waals surface area contributed by atoms with Crippen molar-refractivity contribution in [3.63, 3.8) is 0 Å². The van der Waals surface area contributed by atoms with Gasteiger partial charge in [-0.15, -0.1) is 0 Å². The van der Waals surface area contributed by atoms with Gasteiger partial charge < -0.3 is 19.5 Å². The van der Waals surface area contributed by atoms with Crippen LogP contribution in [0.3, 0.4) is 0 Å². The molecule has 122 valence electrons. The summed E-state index contributed by atoms with van der Waals surface area (Å²) < 4.78 is 16.0. The number of nitrogens with one attached hydrogen (secondary N) is 1. The Bertz CT molecular complexity index is 497. The standard InChI is InChI=1S/C17H25NO4/c1-12(6-7-13-5-4-10-22-13)18-17(19)15-11-14(20-2)8-9-16(15)21-3/h8-9,11-13H,4-7,10H2,1-3H3,(H,18,19)/t12-,13+/m0/s1. The Labute approximate surface area is 131 Å². The predicted octanol–water partition coefficient (Wildman–Crippen LogP) is 2.78. The number of hydrogen-bond donors (Lipinski definition) is 1. The van der Waals surface area contributed by atoms with E-state index in [1.165, 1.54) is 0 Å². The second-order valence-electron chi connectivity index (χ2n) is 5.65. The molecule has 0 bridgehead atoms. The molecule has 2 atom stereocenters. The van der Waals surface area contributed by atoms with E-state index in [2.05, 4.69) is 5.32 Å². The molecule has 1 N–H and O–H groups in total. The molecule has 1 saturated heterocycles. The van der Waals surface area contributed by atoms with Crippen molar-refractivity contribution in [2.45, 2.75) is 44.8 Å². The van der Waals surface area contributed by atoms with E-state index in [4.69, 9.17) is 14.2 Å². The smallest absolute Gasteiger partial charge is 0.255 e. The molecule has 1 aliphatic heterocycles. The Balaban J connectivity index is 1.92. The monoisotopic (exact) mass is 307 g/mol. The van der Waals surface area contributed by atoms with Crippen LogP contribution in [-0.4, -0.2) is 38.9 Å². The van der Waals surface area contributed by atoms with E-state index in [0.29, 0.717) is 23.2 Å². The molecule has 0 aromatic heterocycles. The van der Waals surface area contributed by atoms with E-state index < -0.39 is 0 Å². The van der Waals surface area contributed by atoms with Gasteiger partial charge in [0.2, 0.25) is 0 Å². The number of ether oxygens (including phenoxy) is 3. The number of carbonyl (C=O) groups excluding carboxylic acids is 1. The molecule has 1 aromatic carbocycles. The quantitative estimate of drug-likeness (QED) is 0.841. The number of benzene rings is 1. The molecule has 0 saturated carbocycles. The van der Waals surface area contributed by atoms with Crippen molar-refractivity contribution in [2.24, 2.45) is 0 Å². The zero-order valence-electron chi connectivity index (χ0n) is 13.6. The SMILES string of the molecule is COc1ccc(OC)c(C(=O)N[C@@H](C)CC[C@H]2CCCO2)c1. The fraction of sp³-hybridized carbons (Fsp3) is 0.588. The molecule has 0 spiro atoms. The molecule has 1 amide bonds. The number of rotatable bonds is 7. The first-order valence-corrected chi connectivity index (χ1v) is 7.78. The molecular weight excluding hydrogens is 282 g/mol. The summed E-state index contributed by atoms with van der Waals surface area (Å²) in [7, 11) is 3.13. The number of amides is 1. The Hall–Kier alpha value is -1.75. The van der Waals surface area contributed by atoms with Crippen molar-refractivity contribution < 1.29 is 19.0 Å². The summed E-state index contributed by atoms with van der Waals surface area (Å²) in [5.74, 6) is 1.04. The van der Waals surface area contributed by atoms with Gasteiger partial charge in [-0.1, -0.05) is 0 Å². The summed E-state index contributed by atoms with van der Waals surface area (Å²) in [5, 5.41) is 3.02. The van der Waals surface area contributed by atoms with Gasteiger partial charge in [0, 0.05) is 12.6 Å². The van der Waals surface area contributed by atoms with Crippen LogP contribution in [0.15, 0.2) is 18.2 Å². The topological polar surface area (TPSA) is 56.8 Å². The lowest BCUT2D eigenvalue weighted by Gasteiger charge is -2.17. The minimum absolute atomic E-state index is 0.0904. The van der Waals surface area contributed by atoms with Crippen molar-refractivity contribution in [1.29, 1.82) is 0 Å². The van der Waals surface area contributed by atoms with Crippen molar-refractivity contribution in [3.05, 3.63) is 23.8 Å². The summed E-state index contributed by atoms with van der Waals surface area (Å²) >= 11 is 0. The van der Waals surface area contributed by atoms with Crippen LogP contribution in [0, 0.1) is 0 Å². The van der Waals surface area contributed by atoms with Gasteiger partial charge in [0.25, 0.3) is 5.91 Å². The van der Waals surface area contributed by atoms with Gasteiger partial charge in [-0.05, 0) is 50.8 Å². The van der Waals surface area contributed by atoms with Gasteiger partial charge in [-0.25, -0.2) is 0 Å². The lowest BCUT2D eigenvalue weighted by molar-refractivity contribution is 0.0897. The van der Waals surface area contributed by atoms with Gasteiger partial charge in [0.15, 0.2) is 0 Å². The van der Waals surface area contributed by atoms with Crippen LogP contribution >= 0.6 is 0 Å². The van der Waals surface area contributed by atoms with Crippen LogP contribution in [0.25, 0.3) is 0 Å². The van der Waals surface area contributed by atoms with Crippen LogP contribution in [-0.2, 0) is 4.74 Å². The molecule has 1 aromatic rings. The minimum Gasteiger partial charge on any atom is -0.497 e. The molecule has 22 heavy (non-hydrogen) atoms. The minimum atomic E-state index is -0.143. The maximum Gasteiger partial charge on any atom is 0.255 e. The Kier molecular flexibility index (Phi) is 6.07. The summed E-state index contributed by atoms with van der Waals surface area (Å²) in [4.78, 5) is 12.4. The summed E-state index contributed by atoms with van der Waals surface area (Å²) in [6.07, 6.45) is 4.52. The third-order valence-electron chi connectivity index (χ3n) is 3.97. The maximum absolute atomic E-state index is 12.4. The lowest BCUT2D eigenvalue weighted by atomic mass is 10.1. The fourth-order valence-electron chi connectivity index (χ4n) is 2.67. The van der Waals surface area contributed by atoms with Gasteiger partial charge in [-0.2, -0.15) is 0 Å². The normalized spacial score (nSPS) is 18.8. The molecule has 5 heteroatoms. The van der Waals surface area contributed by atoms with Crippen LogP contribution in [0.4, 0.5) is 0 Å². The van der Waals surface area contributed by atoms with Gasteiger partial charge in [0.1, 0.15) is 11.5 Å². The third-order valence-corrected chi connectivity index (χ3v) is 3.97. The largest absolute Gasteiger partial charge is 0.497 e. The number of carbonyl (C=O) groups is 1. The van der Waals surface area contributed by atoms with Crippen molar-refractivity contribution in [2.75, 3.05) is 20.8 Å². The van der Waals surface area contributed by atoms with E-state index >= 15 is 0 Å². The second kappa shape index (κ2) is 8.03. The predicted molar refractivity (Wildman–Crippen MR) is 84.7 cm³/mol. The molecule has 0 unspecified atom stereocenters. The first kappa shape index (κ1) is 16.6. The number of hydrogen-bond acceptors (Lipinski definition) is 4. The van der Waals surface area contributed by atoms with Crippen molar-refractivity contribution >= 4 is 5.91 Å².